The summed E-state index contributed by atoms with van der Waals surface area (Å²) in [6.07, 6.45) is 1.05. The van der Waals surface area contributed by atoms with Crippen LogP contribution in [0, 0.1) is 13.8 Å². The van der Waals surface area contributed by atoms with E-state index < -0.39 is 15.9 Å². The zero-order valence-corrected chi connectivity index (χ0v) is 10.9. The Morgan fingerprint density at radius 1 is 1.24 bits per heavy atom. The van der Waals surface area contributed by atoms with Gasteiger partial charge < -0.3 is 5.73 Å². The molecule has 2 N–H and O–H groups in total. The van der Waals surface area contributed by atoms with E-state index in [2.05, 4.69) is 0 Å². The van der Waals surface area contributed by atoms with Crippen molar-refractivity contribution in [3.05, 3.63) is 29.3 Å². The minimum absolute atomic E-state index is 0.346. The van der Waals surface area contributed by atoms with Crippen LogP contribution in [0.25, 0.3) is 0 Å². The van der Waals surface area contributed by atoms with Gasteiger partial charge in [-0.1, -0.05) is 6.07 Å². The summed E-state index contributed by atoms with van der Waals surface area (Å²) in [5, 5.41) is 0. The van der Waals surface area contributed by atoms with E-state index in [-0.39, 0.29) is 6.54 Å². The molecule has 1 rings (SSSR count). The lowest BCUT2D eigenvalue weighted by Crippen LogP contribution is -2.37. The molecule has 0 aliphatic heterocycles. The van der Waals surface area contributed by atoms with Crippen LogP contribution >= 0.6 is 0 Å². The van der Waals surface area contributed by atoms with Crippen LogP contribution in [0.5, 0.6) is 0 Å². The third-order valence-electron chi connectivity index (χ3n) is 2.19. The number of rotatable bonds is 4. The maximum Gasteiger partial charge on any atom is 0.238 e. The Morgan fingerprint density at radius 2 is 1.71 bits per heavy atom. The smallest absolute Gasteiger partial charge is 0.238 e. The zero-order valence-electron chi connectivity index (χ0n) is 10.1. The molecular formula is C11H16N2O3S. The molecule has 0 spiro atoms. The summed E-state index contributed by atoms with van der Waals surface area (Å²) in [6, 6.07) is 5.34. The molecule has 1 aromatic carbocycles. The number of sulfonamides is 1. The fourth-order valence-electron chi connectivity index (χ4n) is 1.64. The highest BCUT2D eigenvalue weighted by molar-refractivity contribution is 7.92. The van der Waals surface area contributed by atoms with Gasteiger partial charge >= 0.3 is 0 Å². The van der Waals surface area contributed by atoms with Crippen LogP contribution in [0.4, 0.5) is 5.69 Å². The second-order valence-electron chi connectivity index (χ2n) is 4.08. The van der Waals surface area contributed by atoms with Crippen molar-refractivity contribution in [3.63, 3.8) is 0 Å². The van der Waals surface area contributed by atoms with Crippen LogP contribution in [0.15, 0.2) is 18.2 Å². The Balaban J connectivity index is 3.27. The van der Waals surface area contributed by atoms with Gasteiger partial charge in [-0.2, -0.15) is 0 Å². The normalized spacial score (nSPS) is 11.2. The second kappa shape index (κ2) is 4.75. The molecule has 1 aromatic rings. The van der Waals surface area contributed by atoms with Gasteiger partial charge in [0.2, 0.25) is 15.9 Å². The minimum Gasteiger partial charge on any atom is -0.368 e. The fourth-order valence-corrected chi connectivity index (χ4v) is 2.49. The van der Waals surface area contributed by atoms with Gasteiger partial charge in [-0.3, -0.25) is 9.10 Å². The Morgan fingerprint density at radius 3 is 2.06 bits per heavy atom. The Bertz CT molecular complexity index is 517. The van der Waals surface area contributed by atoms with E-state index in [1.165, 1.54) is 0 Å². The van der Waals surface area contributed by atoms with Crippen LogP contribution < -0.4 is 10.0 Å². The number of amides is 1. The number of anilines is 1. The Hall–Kier alpha value is -1.56. The maximum absolute atomic E-state index is 11.6. The SMILES string of the molecule is Cc1cc(C)cc(N(CC(N)=O)S(C)(=O)=O)c1. The third-order valence-corrected chi connectivity index (χ3v) is 3.33. The monoisotopic (exact) mass is 256 g/mol. The molecule has 5 nitrogen and oxygen atoms in total. The number of nitrogens with two attached hydrogens (primary N) is 1. The van der Waals surface area contributed by atoms with Crippen molar-refractivity contribution in [3.8, 4) is 0 Å². The Labute approximate surface area is 101 Å². The number of hydrogen-bond acceptors (Lipinski definition) is 3. The number of hydrogen-bond donors (Lipinski definition) is 1. The summed E-state index contributed by atoms with van der Waals surface area (Å²) in [7, 11) is -3.51. The quantitative estimate of drug-likeness (QED) is 0.854. The number of primary amides is 1. The van der Waals surface area contributed by atoms with Crippen molar-refractivity contribution >= 4 is 21.6 Å². The van der Waals surface area contributed by atoms with E-state index in [1.807, 2.05) is 19.9 Å². The average molecular weight is 256 g/mol. The fraction of sp³-hybridized carbons (Fsp3) is 0.364. The molecule has 0 saturated carbocycles. The first-order valence-corrected chi connectivity index (χ1v) is 6.89. The molecule has 94 valence electrons. The van der Waals surface area contributed by atoms with Crippen molar-refractivity contribution in [2.24, 2.45) is 5.73 Å². The molecule has 0 unspecified atom stereocenters. The lowest BCUT2D eigenvalue weighted by molar-refractivity contribution is -0.116. The van der Waals surface area contributed by atoms with Gasteiger partial charge in [0.15, 0.2) is 0 Å². The van der Waals surface area contributed by atoms with Gasteiger partial charge in [0.25, 0.3) is 0 Å². The molecule has 0 aliphatic carbocycles. The van der Waals surface area contributed by atoms with Crippen molar-refractivity contribution in [2.45, 2.75) is 13.8 Å². The number of nitrogens with zero attached hydrogens (tertiary/aromatic N) is 1. The third kappa shape index (κ3) is 3.74. The molecule has 0 heterocycles. The van der Waals surface area contributed by atoms with Gasteiger partial charge in [-0.05, 0) is 37.1 Å². The summed E-state index contributed by atoms with van der Waals surface area (Å²) in [5.74, 6) is -0.686. The van der Waals surface area contributed by atoms with E-state index in [1.54, 1.807) is 12.1 Å². The van der Waals surface area contributed by atoms with Gasteiger partial charge in [-0.25, -0.2) is 8.42 Å². The number of carbonyl (C=O) groups is 1. The van der Waals surface area contributed by atoms with Gasteiger partial charge in [0.1, 0.15) is 6.54 Å². The van der Waals surface area contributed by atoms with Crippen LogP contribution in [0.2, 0.25) is 0 Å². The van der Waals surface area contributed by atoms with Gasteiger partial charge in [0.05, 0.1) is 11.9 Å². The molecule has 0 radical (unpaired) electrons. The van der Waals surface area contributed by atoms with Crippen LogP contribution in [-0.2, 0) is 14.8 Å². The van der Waals surface area contributed by atoms with E-state index >= 15 is 0 Å². The first-order chi connectivity index (χ1) is 7.70. The summed E-state index contributed by atoms with van der Waals surface area (Å²) >= 11 is 0. The summed E-state index contributed by atoms with van der Waals surface area (Å²) in [5.41, 5.74) is 7.38. The van der Waals surface area contributed by atoms with Crippen molar-refractivity contribution < 1.29 is 13.2 Å². The molecule has 0 aromatic heterocycles. The lowest BCUT2D eigenvalue weighted by atomic mass is 10.1. The maximum atomic E-state index is 11.6. The van der Waals surface area contributed by atoms with Crippen molar-refractivity contribution in [2.75, 3.05) is 17.1 Å². The highest BCUT2D eigenvalue weighted by Crippen LogP contribution is 2.20. The molecule has 0 atom stereocenters. The standard InChI is InChI=1S/C11H16N2O3S/c1-8-4-9(2)6-10(5-8)13(7-11(12)14)17(3,15)16/h4-6H,7H2,1-3H3,(H2,12,14). The molecule has 17 heavy (non-hydrogen) atoms. The average Bonchev–Trinajstić information content (AvgIpc) is 2.10. The summed E-state index contributed by atoms with van der Waals surface area (Å²) in [4.78, 5) is 10.9. The molecule has 0 aliphatic rings. The van der Waals surface area contributed by atoms with Crippen LogP contribution in [0.3, 0.4) is 0 Å². The number of benzene rings is 1. The molecule has 0 saturated heterocycles. The summed E-state index contributed by atoms with van der Waals surface area (Å²) < 4.78 is 24.2. The molecule has 0 bridgehead atoms. The summed E-state index contributed by atoms with van der Waals surface area (Å²) in [6.45, 7) is 3.38. The highest BCUT2D eigenvalue weighted by atomic mass is 32.2. The first kappa shape index (κ1) is 13.5. The van der Waals surface area contributed by atoms with Crippen molar-refractivity contribution in [1.82, 2.24) is 0 Å². The van der Waals surface area contributed by atoms with Gasteiger partial charge in [0, 0.05) is 0 Å². The van der Waals surface area contributed by atoms with Crippen molar-refractivity contribution in [1.29, 1.82) is 0 Å². The number of carbonyl (C=O) groups excluding carboxylic acids is 1. The van der Waals surface area contributed by atoms with Crippen LogP contribution in [-0.4, -0.2) is 27.1 Å². The highest BCUT2D eigenvalue weighted by Gasteiger charge is 2.19. The van der Waals surface area contributed by atoms with E-state index in [0.717, 1.165) is 21.7 Å². The topological polar surface area (TPSA) is 80.5 Å². The predicted octanol–water partition coefficient (Wildman–Crippen LogP) is 0.555. The van der Waals surface area contributed by atoms with Crippen LogP contribution in [0.1, 0.15) is 11.1 Å². The number of aryl methyl sites for hydroxylation is 2. The largest absolute Gasteiger partial charge is 0.368 e. The first-order valence-electron chi connectivity index (χ1n) is 5.04. The Kier molecular flexibility index (Phi) is 3.77. The predicted molar refractivity (Wildman–Crippen MR) is 67.3 cm³/mol. The molecule has 6 heteroatoms. The molecular weight excluding hydrogens is 240 g/mol. The van der Waals surface area contributed by atoms with E-state index in [9.17, 15) is 13.2 Å². The van der Waals surface area contributed by atoms with E-state index in [4.69, 9.17) is 5.73 Å². The zero-order chi connectivity index (χ0) is 13.2. The van der Waals surface area contributed by atoms with Gasteiger partial charge in [-0.15, -0.1) is 0 Å². The molecule has 1 amide bonds. The lowest BCUT2D eigenvalue weighted by Gasteiger charge is -2.21. The minimum atomic E-state index is -3.51. The second-order valence-corrected chi connectivity index (χ2v) is 5.99. The van der Waals surface area contributed by atoms with E-state index in [0.29, 0.717) is 5.69 Å². The molecule has 0 fully saturated rings.